The van der Waals surface area contributed by atoms with Gasteiger partial charge in [-0.3, -0.25) is 10.1 Å². The molecule has 1 saturated carbocycles. The van der Waals surface area contributed by atoms with Crippen LogP contribution in [0.1, 0.15) is 19.8 Å². The number of nitro groups is 1. The Balaban J connectivity index is 2.32. The van der Waals surface area contributed by atoms with Gasteiger partial charge in [0.2, 0.25) is 10.0 Å². The third-order valence-corrected chi connectivity index (χ3v) is 5.28. The molecule has 1 aliphatic rings. The predicted octanol–water partition coefficient (Wildman–Crippen LogP) is 1.60. The van der Waals surface area contributed by atoms with E-state index in [0.717, 1.165) is 25.0 Å². The molecule has 8 heteroatoms. The van der Waals surface area contributed by atoms with E-state index in [4.69, 9.17) is 5.73 Å². The summed E-state index contributed by atoms with van der Waals surface area (Å²) in [4.78, 5) is 10.1. The number of anilines is 1. The Labute approximate surface area is 117 Å². The smallest absolute Gasteiger partial charge is 0.292 e. The van der Waals surface area contributed by atoms with E-state index in [1.807, 2.05) is 0 Å². The molecule has 20 heavy (non-hydrogen) atoms. The summed E-state index contributed by atoms with van der Waals surface area (Å²) in [5, 5.41) is 10.7. The van der Waals surface area contributed by atoms with Gasteiger partial charge in [-0.05, 0) is 30.9 Å². The average molecular weight is 299 g/mol. The molecule has 0 aromatic heterocycles. The summed E-state index contributed by atoms with van der Waals surface area (Å²) >= 11 is 0. The monoisotopic (exact) mass is 299 g/mol. The second-order valence-corrected chi connectivity index (χ2v) is 6.81. The van der Waals surface area contributed by atoms with Gasteiger partial charge < -0.3 is 5.73 Å². The Kier molecular flexibility index (Phi) is 3.96. The van der Waals surface area contributed by atoms with Gasteiger partial charge >= 0.3 is 0 Å². The zero-order chi connectivity index (χ0) is 14.9. The molecule has 2 N–H and O–H groups in total. The minimum Gasteiger partial charge on any atom is -0.393 e. The van der Waals surface area contributed by atoms with E-state index in [0.29, 0.717) is 19.0 Å². The van der Waals surface area contributed by atoms with Crippen LogP contribution in [0.15, 0.2) is 23.1 Å². The zero-order valence-electron chi connectivity index (χ0n) is 11.2. The molecule has 0 spiro atoms. The van der Waals surface area contributed by atoms with Crippen molar-refractivity contribution in [2.45, 2.75) is 24.7 Å². The number of nitrogens with two attached hydrogens (primary N) is 1. The van der Waals surface area contributed by atoms with Gasteiger partial charge in [-0.1, -0.05) is 6.92 Å². The number of hydrogen-bond acceptors (Lipinski definition) is 5. The van der Waals surface area contributed by atoms with Crippen LogP contribution >= 0.6 is 0 Å². The average Bonchev–Trinajstić information content (AvgIpc) is 3.19. The fraction of sp³-hybridized carbons (Fsp3) is 0.500. The first-order chi connectivity index (χ1) is 9.36. The first-order valence-corrected chi connectivity index (χ1v) is 7.84. The first-order valence-electron chi connectivity index (χ1n) is 6.40. The van der Waals surface area contributed by atoms with Crippen molar-refractivity contribution in [3.8, 4) is 0 Å². The lowest BCUT2D eigenvalue weighted by Crippen LogP contribution is -2.32. The molecule has 0 atom stereocenters. The van der Waals surface area contributed by atoms with Crippen molar-refractivity contribution in [1.29, 1.82) is 0 Å². The summed E-state index contributed by atoms with van der Waals surface area (Å²) < 4.78 is 26.3. The molecular formula is C12H17N3O4S. The Hall–Kier alpha value is -1.67. The lowest BCUT2D eigenvalue weighted by atomic mass is 10.3. The minimum absolute atomic E-state index is 0.00287. The van der Waals surface area contributed by atoms with Crippen LogP contribution < -0.4 is 5.73 Å². The van der Waals surface area contributed by atoms with Gasteiger partial charge in [0.15, 0.2) is 0 Å². The molecule has 2 rings (SSSR count). The molecule has 0 radical (unpaired) electrons. The van der Waals surface area contributed by atoms with Gasteiger partial charge in [-0.25, -0.2) is 8.42 Å². The maximum atomic E-state index is 12.5. The van der Waals surface area contributed by atoms with Crippen molar-refractivity contribution < 1.29 is 13.3 Å². The number of benzene rings is 1. The van der Waals surface area contributed by atoms with Crippen LogP contribution in [0.4, 0.5) is 11.4 Å². The maximum Gasteiger partial charge on any atom is 0.292 e. The molecule has 0 heterocycles. The third-order valence-electron chi connectivity index (χ3n) is 3.34. The van der Waals surface area contributed by atoms with E-state index < -0.39 is 14.9 Å². The van der Waals surface area contributed by atoms with Crippen molar-refractivity contribution in [3.63, 3.8) is 0 Å². The Bertz CT molecular complexity index is 626. The molecule has 1 aromatic rings. The summed E-state index contributed by atoms with van der Waals surface area (Å²) in [7, 11) is -3.64. The fourth-order valence-electron chi connectivity index (χ4n) is 1.99. The van der Waals surface area contributed by atoms with Gasteiger partial charge in [0, 0.05) is 19.2 Å². The fourth-order valence-corrected chi connectivity index (χ4v) is 3.56. The van der Waals surface area contributed by atoms with Crippen LogP contribution in [-0.4, -0.2) is 30.7 Å². The van der Waals surface area contributed by atoms with Gasteiger partial charge in [-0.2, -0.15) is 4.31 Å². The summed E-state index contributed by atoms with van der Waals surface area (Å²) in [6.45, 7) is 2.64. The molecular weight excluding hydrogens is 282 g/mol. The van der Waals surface area contributed by atoms with E-state index in [2.05, 4.69) is 0 Å². The molecule has 1 aromatic carbocycles. The van der Waals surface area contributed by atoms with Crippen molar-refractivity contribution in [2.24, 2.45) is 5.92 Å². The van der Waals surface area contributed by atoms with E-state index in [-0.39, 0.29) is 16.3 Å². The molecule has 1 aliphatic carbocycles. The molecule has 0 unspecified atom stereocenters. The molecule has 0 amide bonds. The SMILES string of the molecule is CCN(CC1CC1)S(=O)(=O)c1ccc([N+](=O)[O-])c(N)c1. The van der Waals surface area contributed by atoms with Gasteiger partial charge in [0.1, 0.15) is 5.69 Å². The topological polar surface area (TPSA) is 107 Å². The van der Waals surface area contributed by atoms with Crippen LogP contribution in [0.5, 0.6) is 0 Å². The van der Waals surface area contributed by atoms with Gasteiger partial charge in [0.05, 0.1) is 9.82 Å². The molecule has 110 valence electrons. The van der Waals surface area contributed by atoms with Crippen LogP contribution in [0.2, 0.25) is 0 Å². The van der Waals surface area contributed by atoms with Crippen molar-refractivity contribution in [3.05, 3.63) is 28.3 Å². The van der Waals surface area contributed by atoms with Crippen molar-refractivity contribution >= 4 is 21.4 Å². The van der Waals surface area contributed by atoms with Crippen LogP contribution in [-0.2, 0) is 10.0 Å². The van der Waals surface area contributed by atoms with Crippen LogP contribution in [0.25, 0.3) is 0 Å². The highest BCUT2D eigenvalue weighted by molar-refractivity contribution is 7.89. The largest absolute Gasteiger partial charge is 0.393 e. The highest BCUT2D eigenvalue weighted by atomic mass is 32.2. The number of hydrogen-bond donors (Lipinski definition) is 1. The normalized spacial score (nSPS) is 15.5. The van der Waals surface area contributed by atoms with Gasteiger partial charge in [-0.15, -0.1) is 0 Å². The highest BCUT2D eigenvalue weighted by Gasteiger charge is 2.31. The number of sulfonamides is 1. The van der Waals surface area contributed by atoms with E-state index in [1.54, 1.807) is 6.92 Å². The zero-order valence-corrected chi connectivity index (χ0v) is 12.0. The van der Waals surface area contributed by atoms with E-state index in [9.17, 15) is 18.5 Å². The second-order valence-electron chi connectivity index (χ2n) is 4.88. The Morgan fingerprint density at radius 2 is 2.10 bits per heavy atom. The highest BCUT2D eigenvalue weighted by Crippen LogP contribution is 2.32. The molecule has 0 saturated heterocycles. The molecule has 1 fully saturated rings. The molecule has 7 nitrogen and oxygen atoms in total. The van der Waals surface area contributed by atoms with Crippen molar-refractivity contribution in [1.82, 2.24) is 4.31 Å². The summed E-state index contributed by atoms with van der Waals surface area (Å²) in [6.07, 6.45) is 2.10. The lowest BCUT2D eigenvalue weighted by molar-refractivity contribution is -0.383. The predicted molar refractivity (Wildman–Crippen MR) is 74.7 cm³/mol. The van der Waals surface area contributed by atoms with Crippen LogP contribution in [0.3, 0.4) is 0 Å². The molecule has 0 aliphatic heterocycles. The Morgan fingerprint density at radius 1 is 1.45 bits per heavy atom. The van der Waals surface area contributed by atoms with E-state index in [1.165, 1.54) is 10.4 Å². The van der Waals surface area contributed by atoms with Crippen LogP contribution in [0, 0.1) is 16.0 Å². The lowest BCUT2D eigenvalue weighted by Gasteiger charge is -2.20. The first kappa shape index (κ1) is 14.7. The summed E-state index contributed by atoms with van der Waals surface area (Å²) in [5.41, 5.74) is 5.13. The standard InChI is InChI=1S/C12H17N3O4S/c1-2-14(8-9-3-4-9)20(18,19)10-5-6-12(15(16)17)11(13)7-10/h5-7,9H,2-4,8,13H2,1H3. The Morgan fingerprint density at radius 3 is 2.55 bits per heavy atom. The van der Waals surface area contributed by atoms with Crippen molar-refractivity contribution in [2.75, 3.05) is 18.8 Å². The number of nitrogen functional groups attached to an aromatic ring is 1. The quantitative estimate of drug-likeness (QED) is 0.488. The second kappa shape index (κ2) is 5.37. The number of nitrogens with zero attached hydrogens (tertiary/aromatic N) is 2. The van der Waals surface area contributed by atoms with Gasteiger partial charge in [0.25, 0.3) is 5.69 Å². The summed E-state index contributed by atoms with van der Waals surface area (Å²) in [5.74, 6) is 0.431. The summed E-state index contributed by atoms with van der Waals surface area (Å²) in [6, 6.07) is 3.52. The molecule has 0 bridgehead atoms. The number of nitro benzene ring substituents is 1. The maximum absolute atomic E-state index is 12.5. The van der Waals surface area contributed by atoms with E-state index >= 15 is 0 Å². The minimum atomic E-state index is -3.64. The third kappa shape index (κ3) is 2.91. The number of rotatable bonds is 6.